The normalized spacial score (nSPS) is 19.9. The van der Waals surface area contributed by atoms with E-state index in [0.717, 1.165) is 42.3 Å². The lowest BCUT2D eigenvalue weighted by molar-refractivity contribution is 0.0232. The Morgan fingerprint density at radius 3 is 3.12 bits per heavy atom. The van der Waals surface area contributed by atoms with Crippen molar-refractivity contribution >= 4 is 22.7 Å². The quantitative estimate of drug-likeness (QED) is 0.868. The minimum absolute atomic E-state index is 0.274. The monoisotopic (exact) mass is 348 g/mol. The fourth-order valence-corrected chi connectivity index (χ4v) is 3.12. The highest BCUT2D eigenvalue weighted by Crippen LogP contribution is 2.25. The largest absolute Gasteiger partial charge is 0.497 e. The van der Waals surface area contributed by atoms with Gasteiger partial charge in [-0.25, -0.2) is 4.79 Å². The number of rotatable bonds is 5. The van der Waals surface area contributed by atoms with E-state index in [1.54, 1.807) is 7.11 Å². The highest BCUT2D eigenvalue weighted by molar-refractivity contribution is 7.10. The van der Waals surface area contributed by atoms with Gasteiger partial charge in [-0.2, -0.15) is 9.36 Å². The van der Waals surface area contributed by atoms with Gasteiger partial charge in [0.15, 0.2) is 5.82 Å². The Bertz CT molecular complexity index is 713. The highest BCUT2D eigenvalue weighted by Gasteiger charge is 2.30. The molecule has 0 radical (unpaired) electrons. The second-order valence-electron chi connectivity index (χ2n) is 5.86. The van der Waals surface area contributed by atoms with Gasteiger partial charge >= 0.3 is 6.03 Å². The first kappa shape index (κ1) is 16.7. The number of carbonyl (C=O) groups excluding carboxylic acids is 1. The number of anilines is 1. The number of ether oxygens (including phenoxy) is 2. The lowest BCUT2D eigenvalue weighted by Crippen LogP contribution is -2.41. The zero-order valence-corrected chi connectivity index (χ0v) is 14.5. The molecule has 1 unspecified atom stereocenters. The standard InChI is InChI=1S/C16H20N4O3S/c1-16(7-4-8-23-16)10-17-14(21)19-15-18-13(20-24-15)11-5-3-6-12(9-11)22-2/h3,5-6,9H,4,7-8,10H2,1-2H3,(H2,17,18,19,20,21). The average molecular weight is 348 g/mol. The number of aromatic nitrogens is 2. The summed E-state index contributed by atoms with van der Waals surface area (Å²) in [6.45, 7) is 3.23. The van der Waals surface area contributed by atoms with Crippen LogP contribution in [0.1, 0.15) is 19.8 Å². The molecule has 1 aromatic carbocycles. The van der Waals surface area contributed by atoms with E-state index in [1.165, 1.54) is 0 Å². The van der Waals surface area contributed by atoms with E-state index in [1.807, 2.05) is 31.2 Å². The lowest BCUT2D eigenvalue weighted by atomic mass is 10.0. The predicted molar refractivity (Wildman–Crippen MR) is 92.5 cm³/mol. The van der Waals surface area contributed by atoms with Crippen LogP contribution in [-0.4, -0.2) is 41.3 Å². The second kappa shape index (κ2) is 7.14. The van der Waals surface area contributed by atoms with Crippen molar-refractivity contribution in [1.82, 2.24) is 14.7 Å². The van der Waals surface area contributed by atoms with E-state index in [2.05, 4.69) is 20.0 Å². The Morgan fingerprint density at radius 2 is 2.38 bits per heavy atom. The number of carbonyl (C=O) groups is 1. The van der Waals surface area contributed by atoms with Crippen LogP contribution in [0.15, 0.2) is 24.3 Å². The molecule has 1 atom stereocenters. The van der Waals surface area contributed by atoms with Crippen molar-refractivity contribution in [2.24, 2.45) is 0 Å². The van der Waals surface area contributed by atoms with Crippen LogP contribution < -0.4 is 15.4 Å². The molecule has 0 bridgehead atoms. The van der Waals surface area contributed by atoms with Gasteiger partial charge in [0.1, 0.15) is 5.75 Å². The number of urea groups is 1. The van der Waals surface area contributed by atoms with Crippen molar-refractivity contribution in [3.63, 3.8) is 0 Å². The number of hydrogen-bond donors (Lipinski definition) is 2. The zero-order valence-electron chi connectivity index (χ0n) is 13.7. The molecular formula is C16H20N4O3S. The fourth-order valence-electron chi connectivity index (χ4n) is 2.54. The molecule has 0 spiro atoms. The number of amides is 2. The first-order valence-electron chi connectivity index (χ1n) is 7.75. The summed E-state index contributed by atoms with van der Waals surface area (Å²) < 4.78 is 15.1. The van der Waals surface area contributed by atoms with Crippen LogP contribution in [-0.2, 0) is 4.74 Å². The zero-order chi connectivity index (χ0) is 17.0. The van der Waals surface area contributed by atoms with Crippen LogP contribution in [0.2, 0.25) is 0 Å². The van der Waals surface area contributed by atoms with Gasteiger partial charge in [0.25, 0.3) is 0 Å². The van der Waals surface area contributed by atoms with Crippen molar-refractivity contribution in [2.45, 2.75) is 25.4 Å². The molecule has 1 aromatic heterocycles. The summed E-state index contributed by atoms with van der Waals surface area (Å²) in [6, 6.07) is 7.17. The van der Waals surface area contributed by atoms with E-state index < -0.39 is 0 Å². The summed E-state index contributed by atoms with van der Waals surface area (Å²) in [5.74, 6) is 1.29. The molecule has 3 rings (SSSR count). The summed E-state index contributed by atoms with van der Waals surface area (Å²) in [5.41, 5.74) is 0.565. The van der Waals surface area contributed by atoms with E-state index in [9.17, 15) is 4.79 Å². The summed E-state index contributed by atoms with van der Waals surface area (Å²) in [6.07, 6.45) is 1.98. The molecule has 1 fully saturated rings. The number of methoxy groups -OCH3 is 1. The van der Waals surface area contributed by atoms with Crippen LogP contribution >= 0.6 is 11.5 Å². The topological polar surface area (TPSA) is 85.4 Å². The number of nitrogens with one attached hydrogen (secondary N) is 2. The van der Waals surface area contributed by atoms with Gasteiger partial charge in [-0.1, -0.05) is 12.1 Å². The van der Waals surface area contributed by atoms with E-state index in [-0.39, 0.29) is 11.6 Å². The molecule has 8 heteroatoms. The third-order valence-electron chi connectivity index (χ3n) is 3.90. The summed E-state index contributed by atoms with van der Waals surface area (Å²) >= 11 is 1.14. The molecule has 0 saturated carbocycles. The smallest absolute Gasteiger partial charge is 0.321 e. The van der Waals surface area contributed by atoms with Crippen molar-refractivity contribution in [2.75, 3.05) is 25.6 Å². The maximum Gasteiger partial charge on any atom is 0.321 e. The van der Waals surface area contributed by atoms with Crippen LogP contribution in [0, 0.1) is 0 Å². The van der Waals surface area contributed by atoms with Crippen LogP contribution in [0.5, 0.6) is 5.75 Å². The Kier molecular flexibility index (Phi) is 4.96. The minimum Gasteiger partial charge on any atom is -0.497 e. The Balaban J connectivity index is 1.58. The van der Waals surface area contributed by atoms with E-state index in [0.29, 0.717) is 17.5 Å². The SMILES string of the molecule is COc1cccc(-c2nsc(NC(=O)NCC3(C)CCCO3)n2)c1. The minimum atomic E-state index is -0.305. The summed E-state index contributed by atoms with van der Waals surface area (Å²) in [7, 11) is 1.61. The van der Waals surface area contributed by atoms with Gasteiger partial charge < -0.3 is 14.8 Å². The first-order valence-corrected chi connectivity index (χ1v) is 8.52. The van der Waals surface area contributed by atoms with E-state index in [4.69, 9.17) is 9.47 Å². The molecule has 128 valence electrons. The van der Waals surface area contributed by atoms with Crippen LogP contribution in [0.3, 0.4) is 0 Å². The Labute approximate surface area is 144 Å². The van der Waals surface area contributed by atoms with Gasteiger partial charge in [0.2, 0.25) is 5.13 Å². The Morgan fingerprint density at radius 1 is 1.50 bits per heavy atom. The van der Waals surface area contributed by atoms with Gasteiger partial charge in [0.05, 0.1) is 12.7 Å². The van der Waals surface area contributed by atoms with Crippen molar-refractivity contribution in [1.29, 1.82) is 0 Å². The van der Waals surface area contributed by atoms with E-state index >= 15 is 0 Å². The van der Waals surface area contributed by atoms with Gasteiger partial charge in [-0.3, -0.25) is 5.32 Å². The molecule has 7 nitrogen and oxygen atoms in total. The molecular weight excluding hydrogens is 328 g/mol. The molecule has 2 heterocycles. The van der Waals surface area contributed by atoms with Gasteiger partial charge in [-0.15, -0.1) is 0 Å². The number of benzene rings is 1. The molecule has 2 aromatic rings. The predicted octanol–water partition coefficient (Wildman–Crippen LogP) is 2.90. The van der Waals surface area contributed by atoms with Gasteiger partial charge in [-0.05, 0) is 31.9 Å². The van der Waals surface area contributed by atoms with Gasteiger partial charge in [0, 0.05) is 30.2 Å². The lowest BCUT2D eigenvalue weighted by Gasteiger charge is -2.23. The number of nitrogens with zero attached hydrogens (tertiary/aromatic N) is 2. The van der Waals surface area contributed by atoms with Crippen molar-refractivity contribution in [3.05, 3.63) is 24.3 Å². The van der Waals surface area contributed by atoms with Crippen molar-refractivity contribution < 1.29 is 14.3 Å². The number of hydrogen-bond acceptors (Lipinski definition) is 6. The maximum atomic E-state index is 12.0. The summed E-state index contributed by atoms with van der Waals surface area (Å²) in [5, 5.41) is 5.98. The molecule has 2 N–H and O–H groups in total. The molecule has 2 amide bonds. The first-order chi connectivity index (χ1) is 11.6. The van der Waals surface area contributed by atoms with Crippen LogP contribution in [0.25, 0.3) is 11.4 Å². The average Bonchev–Trinajstić information content (AvgIpc) is 3.23. The molecule has 1 aliphatic rings. The molecule has 1 aliphatic heterocycles. The fraction of sp³-hybridized carbons (Fsp3) is 0.438. The van der Waals surface area contributed by atoms with Crippen molar-refractivity contribution in [3.8, 4) is 17.1 Å². The second-order valence-corrected chi connectivity index (χ2v) is 6.62. The maximum absolute atomic E-state index is 12.0. The third kappa shape index (κ3) is 4.01. The molecule has 24 heavy (non-hydrogen) atoms. The molecule has 0 aliphatic carbocycles. The van der Waals surface area contributed by atoms with Crippen LogP contribution in [0.4, 0.5) is 9.93 Å². The third-order valence-corrected chi connectivity index (χ3v) is 4.53. The summed E-state index contributed by atoms with van der Waals surface area (Å²) in [4.78, 5) is 16.3. The highest BCUT2D eigenvalue weighted by atomic mass is 32.1. The molecule has 1 saturated heterocycles. The Hall–Kier alpha value is -2.19.